The zero-order valence-electron chi connectivity index (χ0n) is 9.38. The number of benzene rings is 1. The van der Waals surface area contributed by atoms with Crippen LogP contribution < -0.4 is 5.32 Å². The largest absolute Gasteiger partial charge is 0.464 e. The molecule has 2 atom stereocenters. The Bertz CT molecular complexity index is 418. The lowest BCUT2D eigenvalue weighted by molar-refractivity contribution is -0.141. The molecule has 1 aliphatic rings. The number of cyclic esters (lactones) is 1. The second-order valence-electron chi connectivity index (χ2n) is 3.79. The fraction of sp³-hybridized carbons (Fsp3) is 0.333. The summed E-state index contributed by atoms with van der Waals surface area (Å²) >= 11 is 0. The highest BCUT2D eigenvalue weighted by Gasteiger charge is 2.35. The SMILES string of the molecule is CC(=O)OC[C@@H]1NC(=O)O[C@H]1c1ccccc1. The topological polar surface area (TPSA) is 64.6 Å². The van der Waals surface area contributed by atoms with Gasteiger partial charge in [-0.05, 0) is 5.56 Å². The van der Waals surface area contributed by atoms with Gasteiger partial charge in [-0.3, -0.25) is 4.79 Å². The normalized spacial score (nSPS) is 22.8. The summed E-state index contributed by atoms with van der Waals surface area (Å²) in [7, 11) is 0. The third kappa shape index (κ3) is 2.75. The van der Waals surface area contributed by atoms with Gasteiger partial charge in [0.1, 0.15) is 12.6 Å². The fourth-order valence-corrected chi connectivity index (χ4v) is 1.74. The van der Waals surface area contributed by atoms with E-state index in [2.05, 4.69) is 5.32 Å². The van der Waals surface area contributed by atoms with Crippen molar-refractivity contribution >= 4 is 12.1 Å². The van der Waals surface area contributed by atoms with Gasteiger partial charge in [-0.25, -0.2) is 4.79 Å². The number of hydrogen-bond acceptors (Lipinski definition) is 4. The van der Waals surface area contributed by atoms with Crippen LogP contribution in [0.1, 0.15) is 18.6 Å². The molecule has 1 aromatic rings. The standard InChI is InChI=1S/C12H13NO4/c1-8(14)16-7-10-11(17-12(15)13-10)9-5-3-2-4-6-9/h2-6,10-11H,7H2,1H3,(H,13,15)/t10-,11-/m0/s1. The molecule has 90 valence electrons. The molecule has 1 N–H and O–H groups in total. The Morgan fingerprint density at radius 1 is 1.41 bits per heavy atom. The number of rotatable bonds is 3. The van der Waals surface area contributed by atoms with Crippen molar-refractivity contribution in [1.82, 2.24) is 5.32 Å². The van der Waals surface area contributed by atoms with Crippen LogP contribution in [0, 0.1) is 0 Å². The smallest absolute Gasteiger partial charge is 0.408 e. The Kier molecular flexibility index (Phi) is 3.27. The van der Waals surface area contributed by atoms with E-state index in [1.807, 2.05) is 30.3 Å². The molecule has 0 aliphatic carbocycles. The lowest BCUT2D eigenvalue weighted by Crippen LogP contribution is -2.33. The van der Waals surface area contributed by atoms with Gasteiger partial charge in [0.2, 0.25) is 0 Å². The van der Waals surface area contributed by atoms with Crippen LogP contribution in [0.4, 0.5) is 4.79 Å². The Morgan fingerprint density at radius 2 is 2.12 bits per heavy atom. The van der Waals surface area contributed by atoms with E-state index in [4.69, 9.17) is 9.47 Å². The molecule has 1 heterocycles. The van der Waals surface area contributed by atoms with E-state index < -0.39 is 12.2 Å². The number of ether oxygens (including phenoxy) is 2. The minimum Gasteiger partial charge on any atom is -0.464 e. The van der Waals surface area contributed by atoms with Gasteiger partial charge in [-0.15, -0.1) is 0 Å². The molecule has 1 saturated heterocycles. The third-order valence-corrected chi connectivity index (χ3v) is 2.50. The highest BCUT2D eigenvalue weighted by atomic mass is 16.6. The number of nitrogens with one attached hydrogen (secondary N) is 1. The molecule has 0 bridgehead atoms. The van der Waals surface area contributed by atoms with Gasteiger partial charge in [0.15, 0.2) is 6.10 Å². The summed E-state index contributed by atoms with van der Waals surface area (Å²) in [6.07, 6.45) is -0.904. The zero-order chi connectivity index (χ0) is 12.3. The first-order chi connectivity index (χ1) is 8.16. The molecule has 0 saturated carbocycles. The maximum absolute atomic E-state index is 11.2. The molecule has 5 heteroatoms. The predicted octanol–water partition coefficient (Wildman–Crippen LogP) is 1.40. The summed E-state index contributed by atoms with van der Waals surface area (Å²) in [4.78, 5) is 22.0. The number of hydrogen-bond donors (Lipinski definition) is 1. The molecular weight excluding hydrogens is 222 g/mol. The van der Waals surface area contributed by atoms with Gasteiger partial charge >= 0.3 is 12.1 Å². The second-order valence-corrected chi connectivity index (χ2v) is 3.79. The number of alkyl carbamates (subject to hydrolysis) is 1. The van der Waals surface area contributed by atoms with E-state index in [1.165, 1.54) is 6.92 Å². The summed E-state index contributed by atoms with van der Waals surface area (Å²) in [5.74, 6) is -0.377. The van der Waals surface area contributed by atoms with E-state index in [0.717, 1.165) is 5.56 Å². The van der Waals surface area contributed by atoms with Crippen molar-refractivity contribution < 1.29 is 19.1 Å². The van der Waals surface area contributed by atoms with Crippen molar-refractivity contribution in [3.8, 4) is 0 Å². The van der Waals surface area contributed by atoms with Gasteiger partial charge in [-0.1, -0.05) is 30.3 Å². The van der Waals surface area contributed by atoms with E-state index >= 15 is 0 Å². The zero-order valence-corrected chi connectivity index (χ0v) is 9.38. The van der Waals surface area contributed by atoms with Gasteiger partial charge in [0.25, 0.3) is 0 Å². The number of esters is 1. The molecule has 0 unspecified atom stereocenters. The van der Waals surface area contributed by atoms with Crippen molar-refractivity contribution in [1.29, 1.82) is 0 Å². The number of amides is 1. The maximum atomic E-state index is 11.2. The van der Waals surface area contributed by atoms with Crippen LogP contribution in [0.3, 0.4) is 0 Å². The Labute approximate surface area is 98.7 Å². The summed E-state index contributed by atoms with van der Waals surface area (Å²) in [5.41, 5.74) is 0.878. The monoisotopic (exact) mass is 235 g/mol. The van der Waals surface area contributed by atoms with Crippen LogP contribution in [-0.4, -0.2) is 24.7 Å². The third-order valence-electron chi connectivity index (χ3n) is 2.50. The first-order valence-corrected chi connectivity index (χ1v) is 5.32. The Morgan fingerprint density at radius 3 is 2.76 bits per heavy atom. The van der Waals surface area contributed by atoms with E-state index in [-0.39, 0.29) is 18.6 Å². The average molecular weight is 235 g/mol. The minimum atomic E-state index is -0.490. The quantitative estimate of drug-likeness (QED) is 0.804. The highest BCUT2D eigenvalue weighted by Crippen LogP contribution is 2.26. The van der Waals surface area contributed by atoms with Gasteiger partial charge in [0, 0.05) is 6.92 Å². The van der Waals surface area contributed by atoms with Crippen molar-refractivity contribution in [3.05, 3.63) is 35.9 Å². The molecule has 5 nitrogen and oxygen atoms in total. The van der Waals surface area contributed by atoms with Crippen molar-refractivity contribution in [2.45, 2.75) is 19.1 Å². The van der Waals surface area contributed by atoms with E-state index in [9.17, 15) is 9.59 Å². The molecule has 2 rings (SSSR count). The maximum Gasteiger partial charge on any atom is 0.408 e. The highest BCUT2D eigenvalue weighted by molar-refractivity contribution is 5.71. The molecule has 0 spiro atoms. The Hall–Kier alpha value is -2.04. The molecule has 17 heavy (non-hydrogen) atoms. The van der Waals surface area contributed by atoms with Crippen LogP contribution in [0.25, 0.3) is 0 Å². The van der Waals surface area contributed by atoms with Crippen LogP contribution >= 0.6 is 0 Å². The van der Waals surface area contributed by atoms with Gasteiger partial charge in [-0.2, -0.15) is 0 Å². The van der Waals surface area contributed by atoms with Gasteiger partial charge in [0.05, 0.1) is 0 Å². The molecular formula is C12H13NO4. The van der Waals surface area contributed by atoms with Gasteiger partial charge < -0.3 is 14.8 Å². The summed E-state index contributed by atoms with van der Waals surface area (Å²) in [6.45, 7) is 1.44. The number of carbonyl (C=O) groups is 2. The van der Waals surface area contributed by atoms with E-state index in [0.29, 0.717) is 0 Å². The predicted molar refractivity (Wildman–Crippen MR) is 59.2 cm³/mol. The van der Waals surface area contributed by atoms with Crippen molar-refractivity contribution in [2.75, 3.05) is 6.61 Å². The minimum absolute atomic E-state index is 0.112. The fourth-order valence-electron chi connectivity index (χ4n) is 1.74. The lowest BCUT2D eigenvalue weighted by Gasteiger charge is -2.16. The van der Waals surface area contributed by atoms with Crippen molar-refractivity contribution in [2.24, 2.45) is 0 Å². The summed E-state index contributed by atoms with van der Waals surface area (Å²) in [6, 6.07) is 9.01. The molecule has 1 amide bonds. The Balaban J connectivity index is 2.09. The first kappa shape index (κ1) is 11.4. The second kappa shape index (κ2) is 4.86. The van der Waals surface area contributed by atoms with Crippen LogP contribution in [-0.2, 0) is 14.3 Å². The molecule has 1 aromatic carbocycles. The van der Waals surface area contributed by atoms with Crippen LogP contribution in [0.2, 0.25) is 0 Å². The lowest BCUT2D eigenvalue weighted by atomic mass is 10.0. The van der Waals surface area contributed by atoms with Crippen LogP contribution in [0.5, 0.6) is 0 Å². The molecule has 1 aliphatic heterocycles. The first-order valence-electron chi connectivity index (χ1n) is 5.32. The summed E-state index contributed by atoms with van der Waals surface area (Å²) in [5, 5.41) is 2.62. The molecule has 0 radical (unpaired) electrons. The van der Waals surface area contributed by atoms with Crippen LogP contribution in [0.15, 0.2) is 30.3 Å². The summed E-state index contributed by atoms with van der Waals surface area (Å²) < 4.78 is 10.0. The van der Waals surface area contributed by atoms with Crippen molar-refractivity contribution in [3.63, 3.8) is 0 Å². The average Bonchev–Trinajstić information content (AvgIpc) is 2.69. The molecule has 0 aromatic heterocycles. The number of carbonyl (C=O) groups excluding carboxylic acids is 2. The van der Waals surface area contributed by atoms with E-state index in [1.54, 1.807) is 0 Å². The molecule has 1 fully saturated rings.